The van der Waals surface area contributed by atoms with E-state index in [0.717, 1.165) is 5.56 Å². The molecule has 0 bridgehead atoms. The van der Waals surface area contributed by atoms with Crippen molar-refractivity contribution in [2.45, 2.75) is 25.9 Å². The summed E-state index contributed by atoms with van der Waals surface area (Å²) in [6.45, 7) is 3.12. The first-order valence-electron chi connectivity index (χ1n) is 10.2. The van der Waals surface area contributed by atoms with E-state index in [1.165, 1.54) is 6.92 Å². The zero-order valence-corrected chi connectivity index (χ0v) is 17.6. The second-order valence-corrected chi connectivity index (χ2v) is 7.45. The maximum Gasteiger partial charge on any atom is 0.338 e. The zero-order chi connectivity index (χ0) is 22.9. The Morgan fingerprint density at radius 2 is 1.78 bits per heavy atom. The predicted molar refractivity (Wildman–Crippen MR) is 115 cm³/mol. The minimum absolute atomic E-state index is 0.0346. The van der Waals surface area contributed by atoms with E-state index in [2.05, 4.69) is 5.32 Å². The SMILES string of the molecule is CCOC(=O)C1=C(C)OC(=N)C(C(=O)OCc2ccccc2)C12C(=O)Nc1ccccc12. The summed E-state index contributed by atoms with van der Waals surface area (Å²) < 4.78 is 16.2. The van der Waals surface area contributed by atoms with Gasteiger partial charge in [-0.15, -0.1) is 0 Å². The van der Waals surface area contributed by atoms with Gasteiger partial charge in [0.15, 0.2) is 5.92 Å². The molecule has 0 aromatic heterocycles. The average Bonchev–Trinajstić information content (AvgIpc) is 3.05. The largest absolute Gasteiger partial charge is 0.462 e. The van der Waals surface area contributed by atoms with E-state index in [4.69, 9.17) is 19.6 Å². The van der Waals surface area contributed by atoms with Crippen LogP contribution in [0.1, 0.15) is 25.0 Å². The van der Waals surface area contributed by atoms with Crippen molar-refractivity contribution in [2.75, 3.05) is 11.9 Å². The highest BCUT2D eigenvalue weighted by Gasteiger charge is 2.65. The second kappa shape index (κ2) is 8.30. The second-order valence-electron chi connectivity index (χ2n) is 7.45. The maximum atomic E-state index is 13.5. The van der Waals surface area contributed by atoms with E-state index < -0.39 is 35.1 Å². The van der Waals surface area contributed by atoms with E-state index in [0.29, 0.717) is 11.3 Å². The molecule has 1 amide bonds. The van der Waals surface area contributed by atoms with Gasteiger partial charge in [0, 0.05) is 5.69 Å². The number of rotatable bonds is 5. The number of fused-ring (bicyclic) bond motifs is 2. The molecule has 0 radical (unpaired) electrons. The van der Waals surface area contributed by atoms with Gasteiger partial charge in [-0.1, -0.05) is 48.5 Å². The lowest BCUT2D eigenvalue weighted by molar-refractivity contribution is -0.153. The Hall–Kier alpha value is -3.94. The van der Waals surface area contributed by atoms with Gasteiger partial charge in [0.25, 0.3) is 0 Å². The van der Waals surface area contributed by atoms with Crippen LogP contribution >= 0.6 is 0 Å². The van der Waals surface area contributed by atoms with Gasteiger partial charge in [-0.2, -0.15) is 0 Å². The van der Waals surface area contributed by atoms with Crippen molar-refractivity contribution >= 4 is 29.4 Å². The summed E-state index contributed by atoms with van der Waals surface area (Å²) in [6, 6.07) is 15.8. The Bertz CT molecular complexity index is 1140. The van der Waals surface area contributed by atoms with E-state index in [-0.39, 0.29) is 24.5 Å². The lowest BCUT2D eigenvalue weighted by atomic mass is 9.64. The van der Waals surface area contributed by atoms with E-state index in [1.54, 1.807) is 43.3 Å². The molecule has 2 heterocycles. The van der Waals surface area contributed by atoms with Crippen LogP contribution in [0.25, 0.3) is 0 Å². The molecule has 2 unspecified atom stereocenters. The standard InChI is InChI=1S/C24H22N2O6/c1-3-30-21(27)18-14(2)32-20(25)19(22(28)31-13-15-9-5-4-6-10-15)24(18)16-11-7-8-12-17(16)26-23(24)29/h4-12,19,25H,3,13H2,1-2H3,(H,26,29). The molecule has 164 valence electrons. The minimum Gasteiger partial charge on any atom is -0.462 e. The van der Waals surface area contributed by atoms with Crippen LogP contribution in [0.2, 0.25) is 0 Å². The Morgan fingerprint density at radius 1 is 1.09 bits per heavy atom. The summed E-state index contributed by atoms with van der Waals surface area (Å²) in [6.07, 6.45) is 0. The van der Waals surface area contributed by atoms with E-state index >= 15 is 0 Å². The molecule has 1 spiro atoms. The third kappa shape index (κ3) is 3.24. The summed E-state index contributed by atoms with van der Waals surface area (Å²) in [5.41, 5.74) is -0.369. The topological polar surface area (TPSA) is 115 Å². The molecule has 0 saturated carbocycles. The van der Waals surface area contributed by atoms with Crippen LogP contribution in [0.3, 0.4) is 0 Å². The number of amides is 1. The number of benzene rings is 2. The van der Waals surface area contributed by atoms with Gasteiger partial charge in [-0.25, -0.2) is 4.79 Å². The van der Waals surface area contributed by atoms with Crippen LogP contribution in [-0.2, 0) is 40.6 Å². The number of anilines is 1. The number of allylic oxidation sites excluding steroid dienone is 1. The van der Waals surface area contributed by atoms with Crippen LogP contribution < -0.4 is 5.32 Å². The van der Waals surface area contributed by atoms with Crippen molar-refractivity contribution in [1.29, 1.82) is 5.41 Å². The Kier molecular flexibility index (Phi) is 5.52. The summed E-state index contributed by atoms with van der Waals surface area (Å²) in [7, 11) is 0. The van der Waals surface area contributed by atoms with Crippen molar-refractivity contribution < 1.29 is 28.6 Å². The van der Waals surface area contributed by atoms with E-state index in [1.807, 2.05) is 18.2 Å². The monoisotopic (exact) mass is 434 g/mol. The molecular formula is C24H22N2O6. The number of hydrogen-bond donors (Lipinski definition) is 2. The molecule has 4 rings (SSSR count). The van der Waals surface area contributed by atoms with Crippen molar-refractivity contribution in [3.05, 3.63) is 77.1 Å². The van der Waals surface area contributed by atoms with Crippen molar-refractivity contribution in [1.82, 2.24) is 0 Å². The number of para-hydroxylation sites is 1. The third-order valence-corrected chi connectivity index (χ3v) is 5.60. The van der Waals surface area contributed by atoms with Gasteiger partial charge in [0.2, 0.25) is 11.8 Å². The fraction of sp³-hybridized carbons (Fsp3) is 0.250. The fourth-order valence-electron chi connectivity index (χ4n) is 4.31. The Morgan fingerprint density at radius 3 is 2.50 bits per heavy atom. The molecule has 2 aliphatic heterocycles. The first kappa shape index (κ1) is 21.3. The molecular weight excluding hydrogens is 412 g/mol. The third-order valence-electron chi connectivity index (χ3n) is 5.60. The molecule has 0 fully saturated rings. The van der Waals surface area contributed by atoms with E-state index in [9.17, 15) is 14.4 Å². The maximum absolute atomic E-state index is 13.5. The molecule has 0 saturated heterocycles. The molecule has 2 aliphatic rings. The molecule has 2 aromatic rings. The van der Waals surface area contributed by atoms with Gasteiger partial charge in [-0.05, 0) is 31.0 Å². The number of nitrogens with one attached hydrogen (secondary N) is 2. The van der Waals surface area contributed by atoms with Crippen LogP contribution in [0.4, 0.5) is 5.69 Å². The summed E-state index contributed by atoms with van der Waals surface area (Å²) in [4.78, 5) is 39.8. The first-order valence-corrected chi connectivity index (χ1v) is 10.2. The lowest BCUT2D eigenvalue weighted by Crippen LogP contribution is -2.55. The smallest absolute Gasteiger partial charge is 0.338 e. The highest BCUT2D eigenvalue weighted by Crippen LogP contribution is 2.52. The molecule has 2 atom stereocenters. The molecule has 0 aliphatic carbocycles. The highest BCUT2D eigenvalue weighted by molar-refractivity contribution is 6.21. The fourth-order valence-corrected chi connectivity index (χ4v) is 4.31. The molecule has 2 aromatic carbocycles. The number of carbonyl (C=O) groups is 3. The van der Waals surface area contributed by atoms with Crippen LogP contribution in [0.15, 0.2) is 65.9 Å². The number of hydrogen-bond acceptors (Lipinski definition) is 7. The quantitative estimate of drug-likeness (QED) is 0.699. The summed E-state index contributed by atoms with van der Waals surface area (Å²) in [5, 5.41) is 11.2. The predicted octanol–water partition coefficient (Wildman–Crippen LogP) is 3.08. The summed E-state index contributed by atoms with van der Waals surface area (Å²) >= 11 is 0. The van der Waals surface area contributed by atoms with Crippen LogP contribution in [-0.4, -0.2) is 30.4 Å². The Balaban J connectivity index is 1.85. The van der Waals surface area contributed by atoms with Gasteiger partial charge < -0.3 is 19.5 Å². The number of esters is 2. The lowest BCUT2D eigenvalue weighted by Gasteiger charge is -2.39. The zero-order valence-electron chi connectivity index (χ0n) is 17.6. The van der Waals surface area contributed by atoms with Gasteiger partial charge in [0.1, 0.15) is 17.8 Å². The van der Waals surface area contributed by atoms with Crippen LogP contribution in [0.5, 0.6) is 0 Å². The first-order chi connectivity index (χ1) is 15.4. The summed E-state index contributed by atoms with van der Waals surface area (Å²) in [5.74, 6) is -4.19. The molecule has 2 N–H and O–H groups in total. The van der Waals surface area contributed by atoms with Crippen molar-refractivity contribution in [3.8, 4) is 0 Å². The molecule has 32 heavy (non-hydrogen) atoms. The normalized spacial score (nSPS) is 21.6. The van der Waals surface area contributed by atoms with Gasteiger partial charge in [0.05, 0.1) is 12.2 Å². The molecule has 8 heteroatoms. The van der Waals surface area contributed by atoms with Crippen molar-refractivity contribution in [3.63, 3.8) is 0 Å². The Labute approximate surface area is 184 Å². The van der Waals surface area contributed by atoms with Gasteiger partial charge in [-0.3, -0.25) is 15.0 Å². The van der Waals surface area contributed by atoms with Gasteiger partial charge >= 0.3 is 11.9 Å². The molecule has 8 nitrogen and oxygen atoms in total. The minimum atomic E-state index is -1.84. The average molecular weight is 434 g/mol. The number of ether oxygens (including phenoxy) is 3. The highest BCUT2D eigenvalue weighted by atomic mass is 16.5. The van der Waals surface area contributed by atoms with Crippen LogP contribution in [0, 0.1) is 11.3 Å². The van der Waals surface area contributed by atoms with Crippen molar-refractivity contribution in [2.24, 2.45) is 5.92 Å². The number of carbonyl (C=O) groups excluding carboxylic acids is 3.